The Morgan fingerprint density at radius 2 is 0.857 bits per heavy atom. The maximum absolute atomic E-state index is 10.9. The number of hydrogen-bond acceptors (Lipinski definition) is 4. The van der Waals surface area contributed by atoms with Gasteiger partial charge in [-0.05, 0) is 12.8 Å². The van der Waals surface area contributed by atoms with Crippen LogP contribution in [0.2, 0.25) is 0 Å². The number of carbonyl (C=O) groups excluding carboxylic acids is 2. The van der Waals surface area contributed by atoms with E-state index in [1.54, 1.807) is 0 Å². The van der Waals surface area contributed by atoms with Crippen LogP contribution in [0.1, 0.15) is 44.9 Å². The van der Waals surface area contributed by atoms with Crippen LogP contribution in [0.25, 0.3) is 0 Å². The Kier molecular flexibility index (Phi) is 17.0. The quantitative estimate of drug-likeness (QED) is 0.237. The fourth-order valence-electron chi connectivity index (χ4n) is 1.37. The Bertz CT molecular complexity index is 378. The van der Waals surface area contributed by atoms with Crippen molar-refractivity contribution >= 4 is 85.4 Å². The van der Waals surface area contributed by atoms with E-state index in [0.29, 0.717) is 32.1 Å². The molecule has 0 saturated heterocycles. The topological polar surface area (TPSA) is 149 Å². The molecule has 8 nitrogen and oxygen atoms in total. The van der Waals surface area contributed by atoms with Crippen LogP contribution >= 0.6 is 15.2 Å². The second-order valence-corrected chi connectivity index (χ2v) is 7.32. The first-order valence-corrected chi connectivity index (χ1v) is 8.95. The summed E-state index contributed by atoms with van der Waals surface area (Å²) in [6.07, 6.45) is 2.07. The minimum absolute atomic E-state index is 0. The van der Waals surface area contributed by atoms with E-state index in [4.69, 9.17) is 19.6 Å². The Balaban J connectivity index is -0.00000162. The molecule has 0 aromatic heterocycles. The Labute approximate surface area is 167 Å². The van der Waals surface area contributed by atoms with Crippen LogP contribution in [0, 0.1) is 0 Å². The summed E-state index contributed by atoms with van der Waals surface area (Å²) in [5.74, 6) is 0. The molecule has 0 unspecified atom stereocenters. The van der Waals surface area contributed by atoms with Crippen LogP contribution in [0.4, 0.5) is 0 Å². The summed E-state index contributed by atoms with van der Waals surface area (Å²) in [7, 11) is -9.24. The third kappa shape index (κ3) is 14.9. The zero-order valence-corrected chi connectivity index (χ0v) is 12.1. The van der Waals surface area contributed by atoms with Crippen LogP contribution < -0.4 is 0 Å². The molecule has 12 heteroatoms. The number of rotatable bonds is 10. The van der Waals surface area contributed by atoms with E-state index in [9.17, 15) is 18.7 Å². The van der Waals surface area contributed by atoms with Crippen molar-refractivity contribution in [3.63, 3.8) is 0 Å². The molecule has 0 aromatic carbocycles. The molecule has 4 N–H and O–H groups in total. The predicted molar refractivity (Wildman–Crippen MR) is 80.7 cm³/mol. The third-order valence-electron chi connectivity index (χ3n) is 2.43. The molecular weight excluding hydrogens is 344 g/mol. The number of unbranched alkanes of at least 4 members (excludes halogenated alkanes) is 4. The predicted octanol–water partition coefficient (Wildman–Crippen LogP) is -0.171. The average Bonchev–Trinajstić information content (AvgIpc) is 2.24. The number of carbonyl (C=O) groups is 2. The van der Waals surface area contributed by atoms with Gasteiger partial charge in [0, 0.05) is 12.8 Å². The molecule has 0 heterocycles. The molecule has 0 aliphatic carbocycles. The van der Waals surface area contributed by atoms with E-state index in [1.807, 2.05) is 0 Å². The second kappa shape index (κ2) is 13.0. The van der Waals surface area contributed by atoms with Crippen molar-refractivity contribution in [1.29, 1.82) is 0 Å². The summed E-state index contributed by atoms with van der Waals surface area (Å²) in [4.78, 5) is 55.8. The Morgan fingerprint density at radius 3 is 1.10 bits per heavy atom. The molecule has 0 aliphatic heterocycles. The van der Waals surface area contributed by atoms with E-state index in [1.165, 1.54) is 0 Å². The monoisotopic (exact) mass is 364 g/mol. The SMILES string of the molecule is O=C(CCCCCCCC(=O)P(=O)(O)O)P(=O)(O)O.[NaH].[NaH]. The fraction of sp³-hybridized carbons (Fsp3) is 0.778. The van der Waals surface area contributed by atoms with Crippen LogP contribution in [-0.4, -0.2) is 89.7 Å². The van der Waals surface area contributed by atoms with Gasteiger partial charge in [0.2, 0.25) is 11.0 Å². The van der Waals surface area contributed by atoms with Gasteiger partial charge in [0.15, 0.2) is 0 Å². The van der Waals surface area contributed by atoms with Crippen molar-refractivity contribution in [3.8, 4) is 0 Å². The van der Waals surface area contributed by atoms with Crippen LogP contribution in [0.15, 0.2) is 0 Å². The van der Waals surface area contributed by atoms with E-state index in [0.717, 1.165) is 0 Å². The summed E-state index contributed by atoms with van der Waals surface area (Å²) in [5, 5.41) is 0. The van der Waals surface area contributed by atoms with E-state index in [-0.39, 0.29) is 72.0 Å². The zero-order valence-electron chi connectivity index (χ0n) is 10.3. The van der Waals surface area contributed by atoms with Crippen molar-refractivity contribution < 1.29 is 38.3 Å². The summed E-state index contributed by atoms with van der Waals surface area (Å²) in [6.45, 7) is 0. The van der Waals surface area contributed by atoms with E-state index >= 15 is 0 Å². The molecule has 0 rings (SSSR count). The van der Waals surface area contributed by atoms with Crippen LogP contribution in [0.3, 0.4) is 0 Å². The van der Waals surface area contributed by atoms with Gasteiger partial charge in [-0.1, -0.05) is 19.3 Å². The first-order chi connectivity index (χ1) is 8.55. The number of hydrogen-bond donors (Lipinski definition) is 4. The van der Waals surface area contributed by atoms with Gasteiger partial charge >= 0.3 is 74.3 Å². The molecule has 0 aromatic rings. The van der Waals surface area contributed by atoms with Gasteiger partial charge in [0.25, 0.3) is 0 Å². The standard InChI is InChI=1S/C9H18O8P2.2Na.2H/c10-8(18(12,13)14)6-4-2-1-3-5-7-9(11)19(15,16)17;;;;/h1-7H2,(H2,12,13,14)(H2,15,16,17);;;;. The van der Waals surface area contributed by atoms with Gasteiger partial charge in [-0.2, -0.15) is 0 Å². The van der Waals surface area contributed by atoms with Crippen molar-refractivity contribution in [2.45, 2.75) is 44.9 Å². The fourth-order valence-corrected chi connectivity index (χ4v) is 2.27. The zero-order chi connectivity index (χ0) is 15.1. The summed E-state index contributed by atoms with van der Waals surface area (Å²) < 4.78 is 21.0. The molecule has 0 fully saturated rings. The van der Waals surface area contributed by atoms with Crippen molar-refractivity contribution in [2.24, 2.45) is 0 Å². The van der Waals surface area contributed by atoms with Crippen LogP contribution in [0.5, 0.6) is 0 Å². The Morgan fingerprint density at radius 1 is 0.619 bits per heavy atom. The molecule has 0 bridgehead atoms. The van der Waals surface area contributed by atoms with Crippen molar-refractivity contribution in [1.82, 2.24) is 0 Å². The second-order valence-electron chi connectivity index (χ2n) is 4.14. The Hall–Kier alpha value is 1.64. The molecule has 21 heavy (non-hydrogen) atoms. The van der Waals surface area contributed by atoms with Crippen LogP contribution in [-0.2, 0) is 18.7 Å². The molecule has 0 aliphatic rings. The van der Waals surface area contributed by atoms with Gasteiger partial charge in [-0.15, -0.1) is 0 Å². The average molecular weight is 364 g/mol. The summed E-state index contributed by atoms with van der Waals surface area (Å²) in [6, 6.07) is 0. The summed E-state index contributed by atoms with van der Waals surface area (Å²) >= 11 is 0. The minimum atomic E-state index is -4.62. The molecule has 0 amide bonds. The van der Waals surface area contributed by atoms with Crippen molar-refractivity contribution in [3.05, 3.63) is 0 Å². The third-order valence-corrected chi connectivity index (χ3v) is 4.18. The van der Waals surface area contributed by atoms with Crippen molar-refractivity contribution in [2.75, 3.05) is 0 Å². The van der Waals surface area contributed by atoms with Gasteiger partial charge in [0.1, 0.15) is 0 Å². The maximum atomic E-state index is 10.9. The molecular formula is C9H20Na2O8P2. The first-order valence-electron chi connectivity index (χ1n) is 5.73. The normalized spacial score (nSPS) is 11.2. The van der Waals surface area contributed by atoms with E-state index in [2.05, 4.69) is 0 Å². The van der Waals surface area contributed by atoms with Gasteiger partial charge in [-0.25, -0.2) is 0 Å². The van der Waals surface area contributed by atoms with Gasteiger partial charge in [-0.3, -0.25) is 18.7 Å². The molecule has 0 atom stereocenters. The molecule has 116 valence electrons. The molecule has 0 radical (unpaired) electrons. The molecule has 0 spiro atoms. The van der Waals surface area contributed by atoms with Gasteiger partial charge < -0.3 is 19.6 Å². The molecule has 0 saturated carbocycles. The first kappa shape index (κ1) is 27.5. The van der Waals surface area contributed by atoms with Gasteiger partial charge in [0.05, 0.1) is 0 Å². The summed E-state index contributed by atoms with van der Waals surface area (Å²) in [5.41, 5.74) is -2.16. The van der Waals surface area contributed by atoms with E-state index < -0.39 is 26.2 Å².